The lowest BCUT2D eigenvalue weighted by Gasteiger charge is -2.11. The van der Waals surface area contributed by atoms with Gasteiger partial charge in [0.1, 0.15) is 6.54 Å². The predicted octanol–water partition coefficient (Wildman–Crippen LogP) is 0.587. The molecule has 0 saturated carbocycles. The van der Waals surface area contributed by atoms with E-state index in [1.54, 1.807) is 12.1 Å². The van der Waals surface area contributed by atoms with Crippen LogP contribution < -0.4 is 15.0 Å². The van der Waals surface area contributed by atoms with Crippen LogP contribution in [0, 0.1) is 0 Å². The van der Waals surface area contributed by atoms with Crippen molar-refractivity contribution in [1.82, 2.24) is 9.78 Å². The number of hydrogen-bond donors (Lipinski definition) is 0. The number of fused-ring (bicyclic) bond motifs is 1. The summed E-state index contributed by atoms with van der Waals surface area (Å²) in [7, 11) is 4.18. The molecule has 0 amide bonds. The van der Waals surface area contributed by atoms with Crippen LogP contribution in [0.1, 0.15) is 0 Å². The van der Waals surface area contributed by atoms with Gasteiger partial charge in [0.05, 0.1) is 32.9 Å². The normalized spacial score (nSPS) is 10.3. The van der Waals surface area contributed by atoms with Crippen molar-refractivity contribution < 1.29 is 19.0 Å². The summed E-state index contributed by atoms with van der Waals surface area (Å²) in [6, 6.07) is 3.39. The number of carbonyl (C=O) groups is 1. The molecule has 7 nitrogen and oxygen atoms in total. The van der Waals surface area contributed by atoms with E-state index in [-0.39, 0.29) is 6.54 Å². The van der Waals surface area contributed by atoms with Gasteiger partial charge in [-0.25, -0.2) is 4.68 Å². The lowest BCUT2D eigenvalue weighted by Crippen LogP contribution is -2.27. The van der Waals surface area contributed by atoms with Gasteiger partial charge in [0.2, 0.25) is 0 Å². The van der Waals surface area contributed by atoms with Gasteiger partial charge in [0.15, 0.2) is 11.5 Å². The van der Waals surface area contributed by atoms with Gasteiger partial charge in [0, 0.05) is 5.39 Å². The number of nitrogens with zero attached hydrogens (tertiary/aromatic N) is 2. The van der Waals surface area contributed by atoms with Gasteiger partial charge < -0.3 is 14.2 Å². The van der Waals surface area contributed by atoms with E-state index < -0.39 is 11.5 Å². The van der Waals surface area contributed by atoms with Crippen molar-refractivity contribution in [3.63, 3.8) is 0 Å². The molecule has 20 heavy (non-hydrogen) atoms. The van der Waals surface area contributed by atoms with Crippen LogP contribution in [-0.2, 0) is 16.1 Å². The Kier molecular flexibility index (Phi) is 3.88. The van der Waals surface area contributed by atoms with Crippen LogP contribution in [0.3, 0.4) is 0 Å². The van der Waals surface area contributed by atoms with Crippen molar-refractivity contribution in [3.8, 4) is 11.5 Å². The smallest absolute Gasteiger partial charge is 0.327 e. The number of carbonyl (C=O) groups excluding carboxylic acids is 1. The van der Waals surface area contributed by atoms with Crippen LogP contribution >= 0.6 is 0 Å². The van der Waals surface area contributed by atoms with Gasteiger partial charge >= 0.3 is 5.97 Å². The molecule has 0 spiro atoms. The summed E-state index contributed by atoms with van der Waals surface area (Å²) < 4.78 is 15.9. The zero-order valence-corrected chi connectivity index (χ0v) is 11.4. The first-order chi connectivity index (χ1) is 9.62. The number of hydrogen-bond acceptors (Lipinski definition) is 6. The van der Waals surface area contributed by atoms with E-state index in [4.69, 9.17) is 9.47 Å². The predicted molar refractivity (Wildman–Crippen MR) is 71.1 cm³/mol. The molecule has 0 radical (unpaired) electrons. The van der Waals surface area contributed by atoms with Gasteiger partial charge in [-0.15, -0.1) is 0 Å². The molecule has 0 aliphatic rings. The maximum atomic E-state index is 12.4. The van der Waals surface area contributed by atoms with Crippen LogP contribution in [-0.4, -0.2) is 37.1 Å². The Morgan fingerprint density at radius 1 is 1.25 bits per heavy atom. The quantitative estimate of drug-likeness (QED) is 0.761. The molecule has 0 bridgehead atoms. The minimum absolute atomic E-state index is 0.258. The summed E-state index contributed by atoms with van der Waals surface area (Å²) in [6.07, 6.45) is 1.49. The minimum atomic E-state index is -0.555. The number of rotatable bonds is 4. The highest BCUT2D eigenvalue weighted by molar-refractivity contribution is 5.89. The standard InChI is InChI=1S/C13H14N2O5/c1-18-9-5-4-8-6-14-15(7-10(16)19-2)13(17)11(8)12(9)20-3/h4-6H,7H2,1-3H3. The minimum Gasteiger partial charge on any atom is -0.493 e. The molecular weight excluding hydrogens is 264 g/mol. The maximum Gasteiger partial charge on any atom is 0.327 e. The van der Waals surface area contributed by atoms with Gasteiger partial charge in [0.25, 0.3) is 5.56 Å². The van der Waals surface area contributed by atoms with Crippen LogP contribution in [0.2, 0.25) is 0 Å². The molecule has 7 heteroatoms. The highest BCUT2D eigenvalue weighted by Crippen LogP contribution is 2.32. The third-order valence-corrected chi connectivity index (χ3v) is 2.87. The summed E-state index contributed by atoms with van der Waals surface area (Å²) in [4.78, 5) is 23.7. The molecule has 2 aromatic rings. The number of aromatic nitrogens is 2. The summed E-state index contributed by atoms with van der Waals surface area (Å²) in [6.45, 7) is -0.258. The van der Waals surface area contributed by atoms with Crippen LogP contribution in [0.4, 0.5) is 0 Å². The van der Waals surface area contributed by atoms with E-state index in [1.807, 2.05) is 0 Å². The lowest BCUT2D eigenvalue weighted by molar-refractivity contribution is -0.141. The second-order valence-corrected chi connectivity index (χ2v) is 3.95. The van der Waals surface area contributed by atoms with Crippen molar-refractivity contribution in [2.24, 2.45) is 0 Å². The van der Waals surface area contributed by atoms with E-state index >= 15 is 0 Å². The van der Waals surface area contributed by atoms with E-state index in [1.165, 1.54) is 27.5 Å². The summed E-state index contributed by atoms with van der Waals surface area (Å²) >= 11 is 0. The van der Waals surface area contributed by atoms with Crippen molar-refractivity contribution >= 4 is 16.7 Å². The highest BCUT2D eigenvalue weighted by Gasteiger charge is 2.15. The molecule has 1 heterocycles. The van der Waals surface area contributed by atoms with Gasteiger partial charge in [-0.2, -0.15) is 5.10 Å². The van der Waals surface area contributed by atoms with Gasteiger partial charge in [-0.05, 0) is 12.1 Å². The SMILES string of the molecule is COC(=O)Cn1ncc2ccc(OC)c(OC)c2c1=O. The third-order valence-electron chi connectivity index (χ3n) is 2.87. The molecule has 2 rings (SSSR count). The first-order valence-electron chi connectivity index (χ1n) is 5.80. The Bertz CT molecular complexity index is 708. The molecule has 0 atom stereocenters. The maximum absolute atomic E-state index is 12.4. The average molecular weight is 278 g/mol. The second-order valence-electron chi connectivity index (χ2n) is 3.95. The topological polar surface area (TPSA) is 79.7 Å². The molecule has 0 unspecified atom stereocenters. The van der Waals surface area contributed by atoms with Crippen LogP contribution in [0.5, 0.6) is 11.5 Å². The fourth-order valence-electron chi connectivity index (χ4n) is 1.88. The number of ether oxygens (including phenoxy) is 3. The van der Waals surface area contributed by atoms with Crippen molar-refractivity contribution in [1.29, 1.82) is 0 Å². The lowest BCUT2D eigenvalue weighted by atomic mass is 10.1. The van der Waals surface area contributed by atoms with E-state index in [0.717, 1.165) is 4.68 Å². The Labute approximate surface area is 114 Å². The third kappa shape index (κ3) is 2.29. The van der Waals surface area contributed by atoms with E-state index in [0.29, 0.717) is 22.3 Å². The molecule has 0 aliphatic heterocycles. The molecule has 1 aromatic heterocycles. The van der Waals surface area contributed by atoms with Gasteiger partial charge in [-0.3, -0.25) is 9.59 Å². The first-order valence-corrected chi connectivity index (χ1v) is 5.80. The molecule has 0 fully saturated rings. The van der Waals surface area contributed by atoms with Gasteiger partial charge in [-0.1, -0.05) is 0 Å². The largest absolute Gasteiger partial charge is 0.493 e. The fourth-order valence-corrected chi connectivity index (χ4v) is 1.88. The zero-order valence-electron chi connectivity index (χ0n) is 11.4. The molecule has 0 saturated heterocycles. The average Bonchev–Trinajstić information content (AvgIpc) is 2.48. The molecule has 1 aromatic carbocycles. The van der Waals surface area contributed by atoms with E-state index in [9.17, 15) is 9.59 Å². The molecular formula is C13H14N2O5. The Morgan fingerprint density at radius 3 is 2.60 bits per heavy atom. The zero-order chi connectivity index (χ0) is 14.7. The van der Waals surface area contributed by atoms with Crippen molar-refractivity contribution in [2.45, 2.75) is 6.54 Å². The molecule has 0 N–H and O–H groups in total. The Balaban J connectivity index is 2.69. The monoisotopic (exact) mass is 278 g/mol. The van der Waals surface area contributed by atoms with E-state index in [2.05, 4.69) is 9.84 Å². The van der Waals surface area contributed by atoms with Crippen LogP contribution in [0.25, 0.3) is 10.8 Å². The molecule has 0 aliphatic carbocycles. The highest BCUT2D eigenvalue weighted by atomic mass is 16.5. The fraction of sp³-hybridized carbons (Fsp3) is 0.308. The number of methoxy groups -OCH3 is 3. The van der Waals surface area contributed by atoms with Crippen LogP contribution in [0.15, 0.2) is 23.1 Å². The summed E-state index contributed by atoms with van der Waals surface area (Å²) in [5.74, 6) is 0.199. The first kappa shape index (κ1) is 13.9. The summed E-state index contributed by atoms with van der Waals surface area (Å²) in [5.41, 5.74) is -0.441. The Hall–Kier alpha value is -2.57. The Morgan fingerprint density at radius 2 is 2.00 bits per heavy atom. The number of esters is 1. The summed E-state index contributed by atoms with van der Waals surface area (Å²) in [5, 5.41) is 4.85. The van der Waals surface area contributed by atoms with Crippen molar-refractivity contribution in [2.75, 3.05) is 21.3 Å². The second kappa shape index (κ2) is 5.60. The number of benzene rings is 1. The van der Waals surface area contributed by atoms with Crippen molar-refractivity contribution in [3.05, 3.63) is 28.7 Å². The molecule has 106 valence electrons.